The molecule has 0 aliphatic rings. The summed E-state index contributed by atoms with van der Waals surface area (Å²) in [6.07, 6.45) is 0.925. The van der Waals surface area contributed by atoms with Crippen LogP contribution in [0.1, 0.15) is 31.7 Å². The van der Waals surface area contributed by atoms with E-state index in [-0.39, 0.29) is 17.7 Å². The summed E-state index contributed by atoms with van der Waals surface area (Å²) in [7, 11) is 3.18. The molecule has 2 rings (SSSR count). The van der Waals surface area contributed by atoms with E-state index in [0.29, 0.717) is 17.2 Å². The Morgan fingerprint density at radius 2 is 1.62 bits per heavy atom. The Morgan fingerprint density at radius 1 is 1.04 bits per heavy atom. The monoisotopic (exact) mass is 327 g/mol. The second-order valence-corrected chi connectivity index (χ2v) is 5.86. The number of hydrogen-bond acceptors (Lipinski definition) is 3. The molecular formula is C20H25NO3. The van der Waals surface area contributed by atoms with Crippen molar-refractivity contribution in [2.45, 2.75) is 26.2 Å². The fourth-order valence-electron chi connectivity index (χ4n) is 2.73. The highest BCUT2D eigenvalue weighted by molar-refractivity contribution is 5.96. The average molecular weight is 327 g/mol. The molecule has 0 radical (unpaired) electrons. The summed E-state index contributed by atoms with van der Waals surface area (Å²) in [5.74, 6) is 1.30. The minimum Gasteiger partial charge on any atom is -0.497 e. The van der Waals surface area contributed by atoms with Crippen LogP contribution >= 0.6 is 0 Å². The third-order valence-corrected chi connectivity index (χ3v) is 4.27. The molecule has 4 nitrogen and oxygen atoms in total. The van der Waals surface area contributed by atoms with Crippen molar-refractivity contribution in [1.29, 1.82) is 0 Å². The van der Waals surface area contributed by atoms with Gasteiger partial charge in [0, 0.05) is 23.9 Å². The lowest BCUT2D eigenvalue weighted by Gasteiger charge is -2.23. The Balaban J connectivity index is 2.28. The van der Waals surface area contributed by atoms with Crippen molar-refractivity contribution < 1.29 is 14.3 Å². The second-order valence-electron chi connectivity index (χ2n) is 5.86. The van der Waals surface area contributed by atoms with Crippen molar-refractivity contribution in [3.05, 3.63) is 54.1 Å². The van der Waals surface area contributed by atoms with Gasteiger partial charge >= 0.3 is 0 Å². The first kappa shape index (κ1) is 17.9. The molecule has 0 fully saturated rings. The molecule has 1 N–H and O–H groups in total. The van der Waals surface area contributed by atoms with Gasteiger partial charge in [-0.15, -0.1) is 0 Å². The van der Waals surface area contributed by atoms with E-state index in [1.54, 1.807) is 32.4 Å². The molecule has 0 spiro atoms. The molecule has 1 amide bonds. The molecule has 0 saturated heterocycles. The molecule has 0 saturated carbocycles. The summed E-state index contributed by atoms with van der Waals surface area (Å²) >= 11 is 0. The molecule has 0 unspecified atom stereocenters. The number of carbonyl (C=O) groups excluding carboxylic acids is 1. The van der Waals surface area contributed by atoms with Gasteiger partial charge in [-0.05, 0) is 11.5 Å². The summed E-state index contributed by atoms with van der Waals surface area (Å²) in [5.41, 5.74) is 1.69. The molecule has 2 aromatic rings. The van der Waals surface area contributed by atoms with Gasteiger partial charge in [-0.3, -0.25) is 4.79 Å². The number of rotatable bonds is 7. The van der Waals surface area contributed by atoms with Crippen LogP contribution in [0, 0.1) is 5.92 Å². The topological polar surface area (TPSA) is 47.6 Å². The van der Waals surface area contributed by atoms with Crippen LogP contribution in [0.5, 0.6) is 11.5 Å². The van der Waals surface area contributed by atoms with Crippen LogP contribution < -0.4 is 14.8 Å². The first-order valence-corrected chi connectivity index (χ1v) is 8.17. The molecule has 0 bridgehead atoms. The van der Waals surface area contributed by atoms with Crippen LogP contribution in [0.15, 0.2) is 48.5 Å². The lowest BCUT2D eigenvalue weighted by atomic mass is 9.85. The second kappa shape index (κ2) is 8.39. The van der Waals surface area contributed by atoms with Crippen molar-refractivity contribution in [3.63, 3.8) is 0 Å². The first-order valence-electron chi connectivity index (χ1n) is 8.17. The van der Waals surface area contributed by atoms with Gasteiger partial charge in [0.05, 0.1) is 20.1 Å². The molecule has 0 aliphatic heterocycles. The molecule has 2 atom stereocenters. The minimum atomic E-state index is -0.201. The Kier molecular flexibility index (Phi) is 6.24. The van der Waals surface area contributed by atoms with E-state index in [9.17, 15) is 4.79 Å². The molecule has 0 heterocycles. The third-order valence-electron chi connectivity index (χ3n) is 4.27. The van der Waals surface area contributed by atoms with Crippen molar-refractivity contribution >= 4 is 11.6 Å². The van der Waals surface area contributed by atoms with Gasteiger partial charge in [-0.1, -0.05) is 50.6 Å². The van der Waals surface area contributed by atoms with Crippen molar-refractivity contribution in [2.24, 2.45) is 5.92 Å². The Morgan fingerprint density at radius 3 is 2.12 bits per heavy atom. The zero-order chi connectivity index (χ0) is 17.5. The lowest BCUT2D eigenvalue weighted by Crippen LogP contribution is -2.26. The largest absolute Gasteiger partial charge is 0.497 e. The quantitative estimate of drug-likeness (QED) is 0.816. The highest BCUT2D eigenvalue weighted by Gasteiger charge is 2.26. The number of anilines is 1. The SMILES string of the molecule is CC[C@H](C)[C@H](C(=O)Nc1cc(OC)cc(OC)c1)c1ccccc1. The van der Waals surface area contributed by atoms with E-state index in [4.69, 9.17) is 9.47 Å². The van der Waals surface area contributed by atoms with Gasteiger partial charge < -0.3 is 14.8 Å². The van der Waals surface area contributed by atoms with Crippen molar-refractivity contribution in [2.75, 3.05) is 19.5 Å². The Hall–Kier alpha value is -2.49. The summed E-state index contributed by atoms with van der Waals surface area (Å²) in [5, 5.41) is 3.01. The normalized spacial score (nSPS) is 13.0. The van der Waals surface area contributed by atoms with Gasteiger partial charge in [0.1, 0.15) is 11.5 Å². The summed E-state index contributed by atoms with van der Waals surface area (Å²) < 4.78 is 10.5. The van der Waals surface area contributed by atoms with Crippen LogP contribution in [0.3, 0.4) is 0 Å². The van der Waals surface area contributed by atoms with Gasteiger partial charge in [0.2, 0.25) is 5.91 Å². The zero-order valence-corrected chi connectivity index (χ0v) is 14.7. The molecule has 0 aromatic heterocycles. The van der Waals surface area contributed by atoms with Gasteiger partial charge in [0.15, 0.2) is 0 Å². The predicted molar refractivity (Wildman–Crippen MR) is 96.8 cm³/mol. The summed E-state index contributed by atoms with van der Waals surface area (Å²) in [6.45, 7) is 4.20. The van der Waals surface area contributed by atoms with Crippen molar-refractivity contribution in [1.82, 2.24) is 0 Å². The average Bonchev–Trinajstić information content (AvgIpc) is 2.62. The fraction of sp³-hybridized carbons (Fsp3) is 0.350. The maximum Gasteiger partial charge on any atom is 0.232 e. The van der Waals surface area contributed by atoms with Crippen LogP contribution in [0.25, 0.3) is 0 Å². The van der Waals surface area contributed by atoms with Crippen LogP contribution in [0.4, 0.5) is 5.69 Å². The van der Waals surface area contributed by atoms with Gasteiger partial charge in [-0.2, -0.15) is 0 Å². The van der Waals surface area contributed by atoms with E-state index in [1.807, 2.05) is 30.3 Å². The first-order chi connectivity index (χ1) is 11.6. The Labute approximate surface area is 143 Å². The molecule has 0 aliphatic carbocycles. The number of amides is 1. The number of methoxy groups -OCH3 is 2. The van der Waals surface area contributed by atoms with E-state index in [2.05, 4.69) is 19.2 Å². The lowest BCUT2D eigenvalue weighted by molar-refractivity contribution is -0.118. The molecule has 128 valence electrons. The summed E-state index contributed by atoms with van der Waals surface area (Å²) in [4.78, 5) is 12.9. The fourth-order valence-corrected chi connectivity index (χ4v) is 2.73. The van der Waals surface area contributed by atoms with Crippen LogP contribution in [-0.2, 0) is 4.79 Å². The maximum atomic E-state index is 12.9. The van der Waals surface area contributed by atoms with E-state index < -0.39 is 0 Å². The maximum absolute atomic E-state index is 12.9. The number of hydrogen-bond donors (Lipinski definition) is 1. The van der Waals surface area contributed by atoms with Crippen LogP contribution in [0.2, 0.25) is 0 Å². The summed E-state index contributed by atoms with van der Waals surface area (Å²) in [6, 6.07) is 15.3. The third kappa shape index (κ3) is 4.28. The van der Waals surface area contributed by atoms with Crippen LogP contribution in [-0.4, -0.2) is 20.1 Å². The van der Waals surface area contributed by atoms with E-state index in [0.717, 1.165) is 12.0 Å². The predicted octanol–water partition coefficient (Wildman–Crippen LogP) is 4.47. The molecule has 4 heteroatoms. The molecule has 2 aromatic carbocycles. The number of carbonyl (C=O) groups is 1. The van der Waals surface area contributed by atoms with E-state index >= 15 is 0 Å². The van der Waals surface area contributed by atoms with Gasteiger partial charge in [0.25, 0.3) is 0 Å². The number of ether oxygens (including phenoxy) is 2. The highest BCUT2D eigenvalue weighted by Crippen LogP contribution is 2.30. The minimum absolute atomic E-state index is 0.0224. The van der Waals surface area contributed by atoms with Gasteiger partial charge in [-0.25, -0.2) is 0 Å². The van der Waals surface area contributed by atoms with Crippen molar-refractivity contribution in [3.8, 4) is 11.5 Å². The molecular weight excluding hydrogens is 302 g/mol. The highest BCUT2D eigenvalue weighted by atomic mass is 16.5. The molecule has 24 heavy (non-hydrogen) atoms. The standard InChI is InChI=1S/C20H25NO3/c1-5-14(2)19(15-9-7-6-8-10-15)20(22)21-16-11-17(23-3)13-18(12-16)24-4/h6-14,19H,5H2,1-4H3,(H,21,22)/t14-,19-/m0/s1. The number of nitrogens with one attached hydrogen (secondary N) is 1. The number of benzene rings is 2. The smallest absolute Gasteiger partial charge is 0.232 e. The Bertz CT molecular complexity index is 648. The zero-order valence-electron chi connectivity index (χ0n) is 14.7. The van der Waals surface area contributed by atoms with E-state index in [1.165, 1.54) is 0 Å².